The molecular weight excluding hydrogens is 424 g/mol. The molecule has 4 heteroatoms. The number of ether oxygens (including phenoxy) is 2. The molecule has 0 aliphatic carbocycles. The lowest BCUT2D eigenvalue weighted by Gasteiger charge is -2.07. The van der Waals surface area contributed by atoms with Crippen LogP contribution >= 0.6 is 0 Å². The Labute approximate surface area is 200 Å². The van der Waals surface area contributed by atoms with Crippen LogP contribution in [0.25, 0.3) is 0 Å². The Kier molecular flexibility index (Phi) is 9.09. The summed E-state index contributed by atoms with van der Waals surface area (Å²) < 4.78 is 10.8. The Bertz CT molecular complexity index is 1130. The number of rotatable bonds is 6. The summed E-state index contributed by atoms with van der Waals surface area (Å²) >= 11 is 0. The molecular formula is C30H26O4. The van der Waals surface area contributed by atoms with Crippen LogP contribution in [0.1, 0.15) is 71.4 Å². The van der Waals surface area contributed by atoms with Gasteiger partial charge in [0.2, 0.25) is 0 Å². The van der Waals surface area contributed by atoms with Gasteiger partial charge in [0.15, 0.2) is 0 Å². The van der Waals surface area contributed by atoms with Crippen molar-refractivity contribution in [3.8, 4) is 35.2 Å². The molecule has 0 atom stereocenters. The van der Waals surface area contributed by atoms with Crippen LogP contribution in [0.15, 0.2) is 72.8 Å². The molecule has 0 aromatic heterocycles. The molecule has 3 rings (SSSR count). The Balaban J connectivity index is 1.55. The lowest BCUT2D eigenvalue weighted by Crippen LogP contribution is -2.09. The molecule has 0 saturated carbocycles. The number of benzene rings is 3. The van der Waals surface area contributed by atoms with Crippen molar-refractivity contribution in [3.63, 3.8) is 0 Å². The van der Waals surface area contributed by atoms with Gasteiger partial charge in [0.05, 0.1) is 11.1 Å². The van der Waals surface area contributed by atoms with Crippen molar-refractivity contribution < 1.29 is 19.1 Å². The largest absolute Gasteiger partial charge is 0.423 e. The van der Waals surface area contributed by atoms with Crippen molar-refractivity contribution in [2.24, 2.45) is 0 Å². The second-order valence-electron chi connectivity index (χ2n) is 7.51. The third kappa shape index (κ3) is 7.40. The molecule has 34 heavy (non-hydrogen) atoms. The van der Waals surface area contributed by atoms with Crippen molar-refractivity contribution >= 4 is 11.9 Å². The van der Waals surface area contributed by atoms with E-state index in [1.54, 1.807) is 72.8 Å². The minimum absolute atomic E-state index is 0.353. The van der Waals surface area contributed by atoms with Crippen molar-refractivity contribution in [3.05, 3.63) is 95.1 Å². The monoisotopic (exact) mass is 450 g/mol. The molecule has 0 aliphatic heterocycles. The van der Waals surface area contributed by atoms with Gasteiger partial charge in [0.1, 0.15) is 11.5 Å². The smallest absolute Gasteiger partial charge is 0.343 e. The zero-order chi connectivity index (χ0) is 24.2. The zero-order valence-corrected chi connectivity index (χ0v) is 19.4. The lowest BCUT2D eigenvalue weighted by atomic mass is 10.1. The quantitative estimate of drug-likeness (QED) is 0.247. The van der Waals surface area contributed by atoms with Gasteiger partial charge in [-0.3, -0.25) is 0 Å². The summed E-state index contributed by atoms with van der Waals surface area (Å²) in [5.74, 6) is 12.0. The molecule has 0 saturated heterocycles. The van der Waals surface area contributed by atoms with Crippen molar-refractivity contribution in [1.29, 1.82) is 0 Å². The standard InChI is InChI=1S/C30H26O4/c1-3-5-7-9-23-11-15-25(16-12-23)29(31)33-27-19-21-28(22-20-27)34-30(32)26-17-13-24(14-18-26)10-8-6-4-2/h11-22H,3-6H2,1-2H3. The molecule has 0 unspecified atom stereocenters. The molecule has 0 amide bonds. The van der Waals surface area contributed by atoms with E-state index in [1.807, 2.05) is 0 Å². The van der Waals surface area contributed by atoms with Crippen molar-refractivity contribution in [2.45, 2.75) is 39.5 Å². The molecule has 3 aromatic rings. The topological polar surface area (TPSA) is 52.6 Å². The van der Waals surface area contributed by atoms with E-state index in [0.29, 0.717) is 22.6 Å². The van der Waals surface area contributed by atoms with Gasteiger partial charge in [-0.05, 0) is 85.6 Å². The number of carbonyl (C=O) groups is 2. The van der Waals surface area contributed by atoms with Crippen LogP contribution in [0.2, 0.25) is 0 Å². The fraction of sp³-hybridized carbons (Fsp3) is 0.200. The Morgan fingerprint density at radius 1 is 0.588 bits per heavy atom. The van der Waals surface area contributed by atoms with Gasteiger partial charge in [-0.2, -0.15) is 0 Å². The Morgan fingerprint density at radius 3 is 1.26 bits per heavy atom. The first-order chi connectivity index (χ1) is 16.6. The number of unbranched alkanes of at least 4 members (excludes halogenated alkanes) is 2. The van der Waals surface area contributed by atoms with Gasteiger partial charge >= 0.3 is 11.9 Å². The predicted molar refractivity (Wildman–Crippen MR) is 133 cm³/mol. The highest BCUT2D eigenvalue weighted by molar-refractivity contribution is 5.92. The van der Waals surface area contributed by atoms with Crippen LogP contribution in [0.3, 0.4) is 0 Å². The molecule has 0 spiro atoms. The molecule has 3 aromatic carbocycles. The van der Waals surface area contributed by atoms with Crippen LogP contribution in [0, 0.1) is 23.7 Å². The minimum Gasteiger partial charge on any atom is -0.423 e. The first-order valence-corrected chi connectivity index (χ1v) is 11.3. The van der Waals surface area contributed by atoms with Gasteiger partial charge in [-0.1, -0.05) is 37.5 Å². The molecule has 0 aliphatic rings. The molecule has 0 radical (unpaired) electrons. The Hall–Kier alpha value is -4.28. The summed E-state index contributed by atoms with van der Waals surface area (Å²) in [5, 5.41) is 0. The highest BCUT2D eigenvalue weighted by atomic mass is 16.5. The van der Waals surface area contributed by atoms with Gasteiger partial charge in [0, 0.05) is 24.0 Å². The molecule has 4 nitrogen and oxygen atoms in total. The number of esters is 2. The van der Waals surface area contributed by atoms with Crippen LogP contribution in [0.4, 0.5) is 0 Å². The Morgan fingerprint density at radius 2 is 0.941 bits per heavy atom. The van der Waals surface area contributed by atoms with Crippen LogP contribution < -0.4 is 9.47 Å². The normalized spacial score (nSPS) is 9.71. The maximum absolute atomic E-state index is 12.4. The van der Waals surface area contributed by atoms with E-state index in [2.05, 4.69) is 37.5 Å². The van der Waals surface area contributed by atoms with E-state index in [9.17, 15) is 9.59 Å². The fourth-order valence-corrected chi connectivity index (χ4v) is 2.87. The van der Waals surface area contributed by atoms with E-state index in [-0.39, 0.29) is 0 Å². The van der Waals surface area contributed by atoms with Gasteiger partial charge in [-0.25, -0.2) is 9.59 Å². The zero-order valence-electron chi connectivity index (χ0n) is 19.4. The summed E-state index contributed by atoms with van der Waals surface area (Å²) in [7, 11) is 0. The van der Waals surface area contributed by atoms with Crippen molar-refractivity contribution in [2.75, 3.05) is 0 Å². The summed E-state index contributed by atoms with van der Waals surface area (Å²) in [6.07, 6.45) is 3.71. The lowest BCUT2D eigenvalue weighted by molar-refractivity contribution is 0.0719. The third-order valence-corrected chi connectivity index (χ3v) is 4.70. The average Bonchev–Trinajstić information content (AvgIpc) is 2.86. The van der Waals surface area contributed by atoms with E-state index in [1.165, 1.54) is 0 Å². The highest BCUT2D eigenvalue weighted by Gasteiger charge is 2.11. The molecule has 170 valence electrons. The average molecular weight is 451 g/mol. The van der Waals surface area contributed by atoms with E-state index < -0.39 is 11.9 Å². The van der Waals surface area contributed by atoms with Crippen molar-refractivity contribution in [1.82, 2.24) is 0 Å². The maximum Gasteiger partial charge on any atom is 0.343 e. The number of hydrogen-bond donors (Lipinski definition) is 0. The second-order valence-corrected chi connectivity index (χ2v) is 7.51. The van der Waals surface area contributed by atoms with Crippen LogP contribution in [-0.4, -0.2) is 11.9 Å². The van der Waals surface area contributed by atoms with Gasteiger partial charge in [0.25, 0.3) is 0 Å². The SMILES string of the molecule is CCCC#Cc1ccc(C(=O)Oc2ccc(OC(=O)c3ccc(C#CCCC)cc3)cc2)cc1. The number of hydrogen-bond acceptors (Lipinski definition) is 4. The van der Waals surface area contributed by atoms with Crippen LogP contribution in [0.5, 0.6) is 11.5 Å². The van der Waals surface area contributed by atoms with E-state index in [0.717, 1.165) is 36.8 Å². The van der Waals surface area contributed by atoms with Gasteiger partial charge in [-0.15, -0.1) is 0 Å². The molecule has 0 bridgehead atoms. The molecule has 0 fully saturated rings. The predicted octanol–water partition coefficient (Wildman–Crippen LogP) is 6.43. The van der Waals surface area contributed by atoms with E-state index >= 15 is 0 Å². The fourth-order valence-electron chi connectivity index (χ4n) is 2.87. The summed E-state index contributed by atoms with van der Waals surface area (Å²) in [5.41, 5.74) is 2.57. The summed E-state index contributed by atoms with van der Waals surface area (Å²) in [4.78, 5) is 24.8. The first-order valence-electron chi connectivity index (χ1n) is 11.3. The van der Waals surface area contributed by atoms with Crippen LogP contribution in [-0.2, 0) is 0 Å². The third-order valence-electron chi connectivity index (χ3n) is 4.70. The van der Waals surface area contributed by atoms with Gasteiger partial charge < -0.3 is 9.47 Å². The summed E-state index contributed by atoms with van der Waals surface area (Å²) in [6.45, 7) is 4.15. The number of carbonyl (C=O) groups excluding carboxylic acids is 2. The highest BCUT2D eigenvalue weighted by Crippen LogP contribution is 2.20. The first kappa shape index (κ1) is 24.4. The second kappa shape index (κ2) is 12.7. The molecule has 0 heterocycles. The van der Waals surface area contributed by atoms with E-state index in [4.69, 9.17) is 9.47 Å². The maximum atomic E-state index is 12.4. The molecule has 0 N–H and O–H groups in total. The summed E-state index contributed by atoms with van der Waals surface area (Å²) in [6, 6.07) is 20.3. The minimum atomic E-state index is -0.472.